The Hall–Kier alpha value is -0.970. The van der Waals surface area contributed by atoms with Crippen molar-refractivity contribution in [3.8, 4) is 0 Å². The van der Waals surface area contributed by atoms with Gasteiger partial charge in [-0.25, -0.2) is 4.98 Å². The van der Waals surface area contributed by atoms with E-state index in [0.29, 0.717) is 17.9 Å². The molecule has 24 heavy (non-hydrogen) atoms. The second-order valence-corrected chi connectivity index (χ2v) is 9.12. The molecule has 2 aliphatic rings. The number of hydrogen-bond donors (Lipinski definition) is 1. The Bertz CT molecular complexity index is 702. The van der Waals surface area contributed by atoms with Crippen LogP contribution in [0.2, 0.25) is 0 Å². The van der Waals surface area contributed by atoms with Crippen LogP contribution in [0, 0.1) is 11.8 Å². The third kappa shape index (κ3) is 3.24. The Labute approximate surface area is 149 Å². The first-order valence-electron chi connectivity index (χ1n) is 9.42. The summed E-state index contributed by atoms with van der Waals surface area (Å²) in [4.78, 5) is 7.50. The number of thiazole rings is 1. The van der Waals surface area contributed by atoms with Crippen molar-refractivity contribution in [2.45, 2.75) is 45.1 Å². The number of piperidine rings is 2. The molecule has 4 rings (SSSR count). The smallest absolute Gasteiger partial charge is 0.0973 e. The summed E-state index contributed by atoms with van der Waals surface area (Å²) in [6.45, 7) is 8.24. The van der Waals surface area contributed by atoms with E-state index in [1.54, 1.807) is 0 Å². The van der Waals surface area contributed by atoms with E-state index >= 15 is 0 Å². The van der Waals surface area contributed by atoms with Crippen molar-refractivity contribution in [1.82, 2.24) is 15.2 Å². The third-order valence-electron chi connectivity index (χ3n) is 5.92. The number of nitrogens with zero attached hydrogens (tertiary/aromatic N) is 2. The number of nitrogens with one attached hydrogen (secondary N) is 1. The maximum Gasteiger partial charge on any atom is 0.0973 e. The number of fused-ring (bicyclic) bond motifs is 1. The lowest BCUT2D eigenvalue weighted by molar-refractivity contribution is 0.195. The van der Waals surface area contributed by atoms with E-state index in [0.717, 1.165) is 12.5 Å². The Morgan fingerprint density at radius 2 is 2.08 bits per heavy atom. The molecule has 130 valence electrons. The van der Waals surface area contributed by atoms with E-state index in [1.807, 2.05) is 11.3 Å². The Morgan fingerprint density at radius 3 is 2.83 bits per heavy atom. The molecule has 2 saturated heterocycles. The van der Waals surface area contributed by atoms with Gasteiger partial charge in [0.1, 0.15) is 0 Å². The topological polar surface area (TPSA) is 28.2 Å². The maximum absolute atomic E-state index is 5.05. The van der Waals surface area contributed by atoms with Crippen LogP contribution in [-0.2, 0) is 0 Å². The van der Waals surface area contributed by atoms with Gasteiger partial charge in [0.15, 0.2) is 0 Å². The van der Waals surface area contributed by atoms with E-state index in [4.69, 9.17) is 4.98 Å². The quantitative estimate of drug-likeness (QED) is 0.875. The minimum absolute atomic E-state index is 0.512. The SMILES string of the molecule is C[C@H]1CC[C@H](c2ccc3sc(C4CCN(C)C[C@@H]4C)nc3c2)NC1. The largest absolute Gasteiger partial charge is 0.310 e. The zero-order valence-electron chi connectivity index (χ0n) is 15.1. The second-order valence-electron chi connectivity index (χ2n) is 8.06. The lowest BCUT2D eigenvalue weighted by atomic mass is 9.88. The molecular formula is C20H29N3S. The highest BCUT2D eigenvalue weighted by atomic mass is 32.1. The summed E-state index contributed by atoms with van der Waals surface area (Å²) in [5.41, 5.74) is 2.63. The molecule has 0 bridgehead atoms. The number of aromatic nitrogens is 1. The Kier molecular flexibility index (Phi) is 4.63. The van der Waals surface area contributed by atoms with Gasteiger partial charge >= 0.3 is 0 Å². The summed E-state index contributed by atoms with van der Waals surface area (Å²) >= 11 is 1.91. The van der Waals surface area contributed by atoms with Crippen molar-refractivity contribution in [3.63, 3.8) is 0 Å². The zero-order chi connectivity index (χ0) is 16.7. The van der Waals surface area contributed by atoms with Gasteiger partial charge in [0.25, 0.3) is 0 Å². The highest BCUT2D eigenvalue weighted by Gasteiger charge is 2.28. The van der Waals surface area contributed by atoms with Crippen LogP contribution in [0.25, 0.3) is 10.2 Å². The predicted octanol–water partition coefficient (Wildman–Crippen LogP) is 4.41. The average Bonchev–Trinajstić information content (AvgIpc) is 2.98. The van der Waals surface area contributed by atoms with Crippen LogP contribution < -0.4 is 5.32 Å². The van der Waals surface area contributed by atoms with E-state index < -0.39 is 0 Å². The predicted molar refractivity (Wildman–Crippen MR) is 103 cm³/mol. The van der Waals surface area contributed by atoms with Crippen LogP contribution in [0.1, 0.15) is 55.6 Å². The number of hydrogen-bond acceptors (Lipinski definition) is 4. The van der Waals surface area contributed by atoms with Crippen molar-refractivity contribution >= 4 is 21.6 Å². The fourth-order valence-electron chi connectivity index (χ4n) is 4.34. The van der Waals surface area contributed by atoms with Crippen LogP contribution >= 0.6 is 11.3 Å². The molecule has 0 aliphatic carbocycles. The van der Waals surface area contributed by atoms with Crippen molar-refractivity contribution in [1.29, 1.82) is 0 Å². The molecule has 1 aromatic carbocycles. The molecule has 0 spiro atoms. The monoisotopic (exact) mass is 343 g/mol. The number of rotatable bonds is 2. The van der Waals surface area contributed by atoms with Crippen LogP contribution in [-0.4, -0.2) is 36.6 Å². The Balaban J connectivity index is 1.57. The fourth-order valence-corrected chi connectivity index (χ4v) is 5.56. The first-order chi connectivity index (χ1) is 11.6. The van der Waals surface area contributed by atoms with Crippen molar-refractivity contribution in [3.05, 3.63) is 28.8 Å². The second kappa shape index (κ2) is 6.74. The van der Waals surface area contributed by atoms with Gasteiger partial charge in [0, 0.05) is 18.5 Å². The van der Waals surface area contributed by atoms with Crippen LogP contribution in [0.5, 0.6) is 0 Å². The molecule has 2 aliphatic heterocycles. The fraction of sp³-hybridized carbons (Fsp3) is 0.650. The van der Waals surface area contributed by atoms with Crippen molar-refractivity contribution < 1.29 is 0 Å². The molecule has 4 heteroatoms. The molecule has 3 nitrogen and oxygen atoms in total. The molecule has 4 atom stereocenters. The van der Waals surface area contributed by atoms with Gasteiger partial charge in [0.05, 0.1) is 15.2 Å². The van der Waals surface area contributed by atoms with Crippen molar-refractivity contribution in [2.75, 3.05) is 26.7 Å². The van der Waals surface area contributed by atoms with E-state index in [-0.39, 0.29) is 0 Å². The maximum atomic E-state index is 5.05. The average molecular weight is 344 g/mol. The first kappa shape index (κ1) is 16.5. The summed E-state index contributed by atoms with van der Waals surface area (Å²) < 4.78 is 1.35. The van der Waals surface area contributed by atoms with Gasteiger partial charge < -0.3 is 10.2 Å². The molecule has 1 aromatic heterocycles. The van der Waals surface area contributed by atoms with Gasteiger partial charge in [-0.05, 0) is 68.9 Å². The minimum atomic E-state index is 0.512. The first-order valence-corrected chi connectivity index (χ1v) is 10.2. The van der Waals surface area contributed by atoms with Crippen molar-refractivity contribution in [2.24, 2.45) is 11.8 Å². The zero-order valence-corrected chi connectivity index (χ0v) is 15.9. The van der Waals surface area contributed by atoms with Gasteiger partial charge in [-0.3, -0.25) is 0 Å². The summed E-state index contributed by atoms with van der Waals surface area (Å²) in [6, 6.07) is 7.46. The third-order valence-corrected chi connectivity index (χ3v) is 7.09. The molecule has 1 N–H and O–H groups in total. The van der Waals surface area contributed by atoms with Gasteiger partial charge in [-0.15, -0.1) is 11.3 Å². The lowest BCUT2D eigenvalue weighted by Crippen LogP contribution is -2.35. The molecular weight excluding hydrogens is 314 g/mol. The summed E-state index contributed by atoms with van der Waals surface area (Å²) in [7, 11) is 2.23. The number of likely N-dealkylation sites (tertiary alicyclic amines) is 1. The van der Waals surface area contributed by atoms with Crippen LogP contribution in [0.3, 0.4) is 0 Å². The van der Waals surface area contributed by atoms with Gasteiger partial charge in [-0.2, -0.15) is 0 Å². The lowest BCUT2D eigenvalue weighted by Gasteiger charge is -2.33. The molecule has 0 radical (unpaired) electrons. The van der Waals surface area contributed by atoms with E-state index in [1.165, 1.54) is 53.1 Å². The summed E-state index contributed by atoms with van der Waals surface area (Å²) in [6.07, 6.45) is 3.81. The molecule has 0 amide bonds. The summed E-state index contributed by atoms with van der Waals surface area (Å²) in [5.74, 6) is 2.14. The van der Waals surface area contributed by atoms with Gasteiger partial charge in [-0.1, -0.05) is 19.9 Å². The van der Waals surface area contributed by atoms with Crippen LogP contribution in [0.4, 0.5) is 0 Å². The number of benzene rings is 1. The standard InChI is InChI=1S/C20H29N3S/c1-13-4-6-17(21-11-13)15-5-7-19-18(10-15)22-20(24-19)16-8-9-23(3)12-14(16)2/h5,7,10,13-14,16-17,21H,4,6,8-9,11-12H2,1-3H3/t13-,14-,16?,17+/m0/s1. The molecule has 2 aromatic rings. The van der Waals surface area contributed by atoms with Gasteiger partial charge in [0.2, 0.25) is 0 Å². The Morgan fingerprint density at radius 1 is 1.21 bits per heavy atom. The highest BCUT2D eigenvalue weighted by Crippen LogP contribution is 2.37. The molecule has 2 fully saturated rings. The van der Waals surface area contributed by atoms with E-state index in [2.05, 4.69) is 49.3 Å². The highest BCUT2D eigenvalue weighted by molar-refractivity contribution is 7.18. The minimum Gasteiger partial charge on any atom is -0.310 e. The normalized spacial score (nSPS) is 32.3. The molecule has 3 heterocycles. The summed E-state index contributed by atoms with van der Waals surface area (Å²) in [5, 5.41) is 5.06. The molecule has 0 saturated carbocycles. The van der Waals surface area contributed by atoms with Crippen LogP contribution in [0.15, 0.2) is 18.2 Å². The van der Waals surface area contributed by atoms with E-state index in [9.17, 15) is 0 Å². The molecule has 1 unspecified atom stereocenters.